The number of alkyl halides is 1. The predicted octanol–water partition coefficient (Wildman–Crippen LogP) is 5.53. The standard InChI is InChI=1S/C39H42F2N6O4/c1-3-30-33(41)8-7-26-16-28(48)17-31(36(26)30)24(2)43-20-32-34(18-40)44-38(45-37(32)46-12-13-50-22-29(49)21-46)51-23-39-9-4-6-35(39)47(11-5-10-39)27-14-25(15-27)19-42/h1,7-8,16-17,20,25,27,29,35,48-49H,2,4-6,9-15,18,21-23H2. The van der Waals surface area contributed by atoms with Crippen molar-refractivity contribution in [1.82, 2.24) is 14.9 Å². The number of aromatic hydroxyl groups is 1. The van der Waals surface area contributed by atoms with Crippen LogP contribution in [0, 0.1) is 40.8 Å². The highest BCUT2D eigenvalue weighted by atomic mass is 19.1. The summed E-state index contributed by atoms with van der Waals surface area (Å²) in [6.45, 7) is 5.56. The van der Waals surface area contributed by atoms with Gasteiger partial charge in [-0.15, -0.1) is 6.42 Å². The molecule has 0 radical (unpaired) electrons. The number of β-amino-alcohol motifs (C(OH)–C–C–N with tert-alkyl or cyclic N) is 1. The van der Waals surface area contributed by atoms with Gasteiger partial charge in [0, 0.05) is 53.7 Å². The summed E-state index contributed by atoms with van der Waals surface area (Å²) in [7, 11) is 0. The maximum atomic E-state index is 14.9. The lowest BCUT2D eigenvalue weighted by Gasteiger charge is -2.52. The molecule has 0 bridgehead atoms. The van der Waals surface area contributed by atoms with E-state index in [1.54, 1.807) is 0 Å². The van der Waals surface area contributed by atoms with E-state index in [0.717, 1.165) is 51.5 Å². The third kappa shape index (κ3) is 6.76. The molecule has 3 unspecified atom stereocenters. The van der Waals surface area contributed by atoms with Gasteiger partial charge in [0.15, 0.2) is 0 Å². The molecule has 2 aliphatic carbocycles. The molecule has 10 nitrogen and oxygen atoms in total. The fourth-order valence-corrected chi connectivity index (χ4v) is 8.56. The molecule has 2 aliphatic heterocycles. The van der Waals surface area contributed by atoms with E-state index in [2.05, 4.69) is 33.4 Å². The molecule has 12 heteroatoms. The van der Waals surface area contributed by atoms with Crippen LogP contribution in [0.2, 0.25) is 0 Å². The Hall–Kier alpha value is -4.62. The molecule has 7 rings (SSSR count). The number of aromatic nitrogens is 2. The molecule has 4 aliphatic rings. The number of aliphatic imine (C=N–C) groups is 1. The zero-order valence-electron chi connectivity index (χ0n) is 28.5. The molecular formula is C39H42F2N6O4. The Morgan fingerprint density at radius 1 is 1.24 bits per heavy atom. The van der Waals surface area contributed by atoms with Crippen molar-refractivity contribution in [2.24, 2.45) is 16.3 Å². The van der Waals surface area contributed by atoms with Crippen LogP contribution in [-0.2, 0) is 11.4 Å². The number of nitrogens with zero attached hydrogens (tertiary/aromatic N) is 6. The number of anilines is 1. The number of fused-ring (bicyclic) bond motifs is 2. The number of phenols is 1. The van der Waals surface area contributed by atoms with Gasteiger partial charge in [-0.2, -0.15) is 15.2 Å². The number of nitriles is 1. The number of ether oxygens (including phenoxy) is 2. The second-order valence-electron chi connectivity index (χ2n) is 14.2. The monoisotopic (exact) mass is 696 g/mol. The summed E-state index contributed by atoms with van der Waals surface area (Å²) >= 11 is 0. The van der Waals surface area contributed by atoms with Gasteiger partial charge in [-0.1, -0.05) is 25.0 Å². The van der Waals surface area contributed by atoms with Gasteiger partial charge in [0.05, 0.1) is 54.5 Å². The van der Waals surface area contributed by atoms with Crippen molar-refractivity contribution >= 4 is 28.5 Å². The number of aliphatic hydroxyl groups is 1. The lowest BCUT2D eigenvalue weighted by Crippen LogP contribution is -2.58. The molecule has 4 fully saturated rings. The van der Waals surface area contributed by atoms with E-state index in [9.17, 15) is 24.3 Å². The van der Waals surface area contributed by atoms with Crippen LogP contribution in [0.5, 0.6) is 11.8 Å². The molecular weight excluding hydrogens is 654 g/mol. The number of aliphatic hydroxyl groups excluding tert-OH is 1. The Bertz CT molecular complexity index is 1940. The molecule has 2 saturated heterocycles. The average Bonchev–Trinajstić information content (AvgIpc) is 3.43. The zero-order chi connectivity index (χ0) is 35.7. The van der Waals surface area contributed by atoms with Gasteiger partial charge in [0.25, 0.3) is 0 Å². The van der Waals surface area contributed by atoms with E-state index in [1.165, 1.54) is 30.5 Å². The van der Waals surface area contributed by atoms with Crippen LogP contribution in [0.3, 0.4) is 0 Å². The molecule has 2 saturated carbocycles. The molecule has 2 N–H and O–H groups in total. The Morgan fingerprint density at radius 2 is 2.06 bits per heavy atom. The van der Waals surface area contributed by atoms with Crippen molar-refractivity contribution < 1.29 is 28.5 Å². The van der Waals surface area contributed by atoms with E-state index >= 15 is 0 Å². The van der Waals surface area contributed by atoms with Crippen LogP contribution in [-0.4, -0.2) is 88.9 Å². The molecule has 0 spiro atoms. The van der Waals surface area contributed by atoms with Gasteiger partial charge in [-0.05, 0) is 68.7 Å². The Labute approximate surface area is 296 Å². The lowest BCUT2D eigenvalue weighted by atomic mass is 9.72. The first kappa shape index (κ1) is 34.8. The van der Waals surface area contributed by atoms with Crippen molar-refractivity contribution in [3.63, 3.8) is 0 Å². The average molecular weight is 697 g/mol. The summed E-state index contributed by atoms with van der Waals surface area (Å²) in [6.07, 6.45) is 13.3. The maximum absolute atomic E-state index is 14.9. The Kier molecular flexibility index (Phi) is 9.93. The summed E-state index contributed by atoms with van der Waals surface area (Å²) in [5, 5.41) is 31.3. The number of halogens is 2. The maximum Gasteiger partial charge on any atom is 0.318 e. The molecule has 1 aromatic heterocycles. The minimum Gasteiger partial charge on any atom is -0.508 e. The molecule has 3 aromatic rings. The van der Waals surface area contributed by atoms with Crippen LogP contribution in [0.4, 0.5) is 14.6 Å². The van der Waals surface area contributed by atoms with Gasteiger partial charge in [-0.25, -0.2) is 8.78 Å². The summed E-state index contributed by atoms with van der Waals surface area (Å²) in [6, 6.07) is 8.87. The molecule has 3 heterocycles. The Morgan fingerprint density at radius 3 is 2.84 bits per heavy atom. The summed E-state index contributed by atoms with van der Waals surface area (Å²) in [5.41, 5.74) is 0.704. The number of hydrogen-bond acceptors (Lipinski definition) is 10. The van der Waals surface area contributed by atoms with Crippen LogP contribution in [0.1, 0.15) is 67.3 Å². The van der Waals surface area contributed by atoms with Crippen LogP contribution >= 0.6 is 0 Å². The lowest BCUT2D eigenvalue weighted by molar-refractivity contribution is -0.0473. The number of likely N-dealkylation sites (tertiary alicyclic amines) is 1. The first-order chi connectivity index (χ1) is 24.7. The highest BCUT2D eigenvalue weighted by Gasteiger charge is 2.51. The molecule has 3 atom stereocenters. The number of rotatable bonds is 9. The third-order valence-electron chi connectivity index (χ3n) is 11.1. The first-order valence-corrected chi connectivity index (χ1v) is 17.6. The van der Waals surface area contributed by atoms with Crippen molar-refractivity contribution in [3.8, 4) is 30.2 Å². The van der Waals surface area contributed by atoms with Gasteiger partial charge >= 0.3 is 6.01 Å². The second-order valence-corrected chi connectivity index (χ2v) is 14.2. The van der Waals surface area contributed by atoms with E-state index in [1.807, 2.05) is 4.90 Å². The minimum absolute atomic E-state index is 0.0106. The normalized spacial score (nSPS) is 26.6. The first-order valence-electron chi connectivity index (χ1n) is 17.6. The van der Waals surface area contributed by atoms with E-state index in [4.69, 9.17) is 20.9 Å². The quantitative estimate of drug-likeness (QED) is 0.219. The molecule has 51 heavy (non-hydrogen) atoms. The minimum atomic E-state index is -0.947. The zero-order valence-corrected chi connectivity index (χ0v) is 28.5. The fourth-order valence-electron chi connectivity index (χ4n) is 8.56. The topological polar surface area (TPSA) is 127 Å². The second kappa shape index (κ2) is 14.5. The fraction of sp³-hybridized carbons (Fsp3) is 0.487. The van der Waals surface area contributed by atoms with Gasteiger partial charge in [0.2, 0.25) is 0 Å². The number of phenolic OH excluding ortho intramolecular Hbond substituents is 1. The SMILES string of the molecule is C#Cc1c(F)ccc2cc(O)cc(C(=C)N=Cc3c(CF)nc(OCC45CCCC4N(C4CC(C#N)C4)CCC5)nc3N3CCOCC(O)C3)c12. The smallest absolute Gasteiger partial charge is 0.318 e. The number of terminal acetylenes is 1. The number of piperidine rings is 1. The highest BCUT2D eigenvalue weighted by Crippen LogP contribution is 2.50. The Balaban J connectivity index is 1.21. The van der Waals surface area contributed by atoms with E-state index < -0.39 is 18.6 Å². The van der Waals surface area contributed by atoms with Crippen LogP contribution < -0.4 is 9.64 Å². The van der Waals surface area contributed by atoms with Gasteiger partial charge in [0.1, 0.15) is 24.1 Å². The highest BCUT2D eigenvalue weighted by molar-refractivity contribution is 6.00. The summed E-state index contributed by atoms with van der Waals surface area (Å²) in [5.74, 6) is 2.18. The third-order valence-corrected chi connectivity index (χ3v) is 11.1. The van der Waals surface area contributed by atoms with Crippen molar-refractivity contribution in [3.05, 3.63) is 59.0 Å². The molecule has 0 amide bonds. The van der Waals surface area contributed by atoms with Crippen molar-refractivity contribution in [1.29, 1.82) is 5.26 Å². The van der Waals surface area contributed by atoms with Gasteiger partial charge in [-0.3, -0.25) is 9.89 Å². The van der Waals surface area contributed by atoms with Crippen LogP contribution in [0.25, 0.3) is 16.5 Å². The van der Waals surface area contributed by atoms with Crippen molar-refractivity contribution in [2.45, 2.75) is 69.8 Å². The van der Waals surface area contributed by atoms with Gasteiger partial charge < -0.3 is 24.6 Å². The molecule has 266 valence electrons. The number of hydrogen-bond donors (Lipinski definition) is 2. The number of benzene rings is 2. The summed E-state index contributed by atoms with van der Waals surface area (Å²) < 4.78 is 41.7. The predicted molar refractivity (Wildman–Crippen MR) is 190 cm³/mol. The van der Waals surface area contributed by atoms with Crippen LogP contribution in [0.15, 0.2) is 35.8 Å². The summed E-state index contributed by atoms with van der Waals surface area (Å²) in [4.78, 5) is 18.3. The van der Waals surface area contributed by atoms with E-state index in [0.29, 0.717) is 54.0 Å². The molecule has 2 aromatic carbocycles. The largest absolute Gasteiger partial charge is 0.508 e. The van der Waals surface area contributed by atoms with Crippen molar-refractivity contribution in [2.75, 3.05) is 44.4 Å². The van der Waals surface area contributed by atoms with E-state index in [-0.39, 0.29) is 58.8 Å².